The van der Waals surface area contributed by atoms with Crippen LogP contribution in [0.4, 0.5) is 0 Å². The molecule has 0 bridgehead atoms. The maximum Gasteiger partial charge on any atom is 0.243 e. The Labute approximate surface area is 94.9 Å². The monoisotopic (exact) mass is 242 g/mol. The molecule has 0 heterocycles. The van der Waals surface area contributed by atoms with Crippen molar-refractivity contribution in [3.05, 3.63) is 29.8 Å². The van der Waals surface area contributed by atoms with Crippen molar-refractivity contribution in [2.45, 2.75) is 11.8 Å². The predicted molar refractivity (Wildman–Crippen MR) is 60.2 cm³/mol. The summed E-state index contributed by atoms with van der Waals surface area (Å²) in [4.78, 5) is 10.9. The number of benzene rings is 1. The average molecular weight is 242 g/mol. The summed E-state index contributed by atoms with van der Waals surface area (Å²) >= 11 is 0. The van der Waals surface area contributed by atoms with Gasteiger partial charge in [-0.05, 0) is 18.6 Å². The lowest BCUT2D eigenvalue weighted by Gasteiger charge is -2.16. The summed E-state index contributed by atoms with van der Waals surface area (Å²) in [5.74, 6) is -0.681. The number of nitrogens with zero attached hydrogens (tertiary/aromatic N) is 1. The molecule has 6 heteroatoms. The van der Waals surface area contributed by atoms with E-state index in [1.165, 1.54) is 13.1 Å². The highest BCUT2D eigenvalue weighted by atomic mass is 32.2. The molecular weight excluding hydrogens is 228 g/mol. The van der Waals surface area contributed by atoms with Crippen molar-refractivity contribution in [3.8, 4) is 0 Å². The van der Waals surface area contributed by atoms with Crippen LogP contribution in [0.3, 0.4) is 0 Å². The molecule has 2 N–H and O–H groups in total. The molecule has 0 fully saturated rings. The number of carbonyl (C=O) groups is 1. The summed E-state index contributed by atoms with van der Waals surface area (Å²) in [5.41, 5.74) is 5.60. The standard InChI is InChI=1S/C10H14N2O3S/c1-8-5-3-4-6-9(8)16(14,15)12(2)7-10(11)13/h3-6H,7H2,1-2H3,(H2,11,13). The number of likely N-dealkylation sites (N-methyl/N-ethyl adjacent to an activating group) is 1. The molecular formula is C10H14N2O3S. The lowest BCUT2D eigenvalue weighted by Crippen LogP contribution is -2.35. The minimum absolute atomic E-state index is 0.193. The first-order chi connectivity index (χ1) is 7.35. The highest BCUT2D eigenvalue weighted by Crippen LogP contribution is 2.17. The van der Waals surface area contributed by atoms with Crippen molar-refractivity contribution >= 4 is 15.9 Å². The molecule has 0 aromatic heterocycles. The topological polar surface area (TPSA) is 80.5 Å². The van der Waals surface area contributed by atoms with Crippen molar-refractivity contribution in [1.82, 2.24) is 4.31 Å². The van der Waals surface area contributed by atoms with E-state index in [1.54, 1.807) is 25.1 Å². The number of carbonyl (C=O) groups excluding carboxylic acids is 1. The zero-order chi connectivity index (χ0) is 12.3. The van der Waals surface area contributed by atoms with Crippen molar-refractivity contribution < 1.29 is 13.2 Å². The number of primary amides is 1. The Morgan fingerprint density at radius 2 is 1.94 bits per heavy atom. The second-order valence-electron chi connectivity index (χ2n) is 3.49. The fraction of sp³-hybridized carbons (Fsp3) is 0.300. The van der Waals surface area contributed by atoms with Crippen LogP contribution in [0.5, 0.6) is 0 Å². The van der Waals surface area contributed by atoms with Crippen molar-refractivity contribution in [3.63, 3.8) is 0 Å². The van der Waals surface area contributed by atoms with Crippen LogP contribution < -0.4 is 5.73 Å². The van der Waals surface area contributed by atoms with E-state index in [4.69, 9.17) is 5.73 Å². The number of hydrogen-bond donors (Lipinski definition) is 1. The third-order valence-corrected chi connectivity index (χ3v) is 4.12. The highest BCUT2D eigenvalue weighted by molar-refractivity contribution is 7.89. The van der Waals surface area contributed by atoms with Crippen molar-refractivity contribution in [1.29, 1.82) is 0 Å². The van der Waals surface area contributed by atoms with Gasteiger partial charge in [0, 0.05) is 7.05 Å². The van der Waals surface area contributed by atoms with Crippen LogP contribution >= 0.6 is 0 Å². The van der Waals surface area contributed by atoms with E-state index in [2.05, 4.69) is 0 Å². The molecule has 0 unspecified atom stereocenters. The van der Waals surface area contributed by atoms with Crippen LogP contribution in [0.2, 0.25) is 0 Å². The summed E-state index contributed by atoms with van der Waals surface area (Å²) in [6.45, 7) is 1.38. The normalized spacial score (nSPS) is 11.7. The van der Waals surface area contributed by atoms with Gasteiger partial charge in [0.1, 0.15) is 0 Å². The van der Waals surface area contributed by atoms with Gasteiger partial charge in [-0.15, -0.1) is 0 Å². The van der Waals surface area contributed by atoms with Crippen LogP contribution in [0.25, 0.3) is 0 Å². The van der Waals surface area contributed by atoms with Gasteiger partial charge in [-0.3, -0.25) is 4.79 Å². The van der Waals surface area contributed by atoms with Crippen LogP contribution in [-0.4, -0.2) is 32.2 Å². The molecule has 0 spiro atoms. The molecule has 0 aliphatic rings. The number of hydrogen-bond acceptors (Lipinski definition) is 3. The van der Waals surface area contributed by atoms with E-state index in [0.717, 1.165) is 4.31 Å². The van der Waals surface area contributed by atoms with E-state index in [1.807, 2.05) is 0 Å². The summed E-state index contributed by atoms with van der Waals surface area (Å²) in [6.07, 6.45) is 0. The van der Waals surface area contributed by atoms with E-state index >= 15 is 0 Å². The zero-order valence-electron chi connectivity index (χ0n) is 9.17. The second kappa shape index (κ2) is 4.63. The largest absolute Gasteiger partial charge is 0.369 e. The summed E-state index contributed by atoms with van der Waals surface area (Å²) < 4.78 is 25.0. The highest BCUT2D eigenvalue weighted by Gasteiger charge is 2.23. The molecule has 16 heavy (non-hydrogen) atoms. The molecule has 1 aromatic carbocycles. The quantitative estimate of drug-likeness (QED) is 0.813. The maximum atomic E-state index is 12.0. The molecule has 0 saturated heterocycles. The smallest absolute Gasteiger partial charge is 0.243 e. The lowest BCUT2D eigenvalue weighted by molar-refractivity contribution is -0.118. The van der Waals surface area contributed by atoms with Gasteiger partial charge in [0.25, 0.3) is 0 Å². The van der Waals surface area contributed by atoms with Gasteiger partial charge in [0.2, 0.25) is 15.9 Å². The Morgan fingerprint density at radius 3 is 2.44 bits per heavy atom. The fourth-order valence-electron chi connectivity index (χ4n) is 1.32. The van der Waals surface area contributed by atoms with Crippen LogP contribution in [0.15, 0.2) is 29.2 Å². The molecule has 0 atom stereocenters. The summed E-state index contributed by atoms with van der Waals surface area (Å²) in [5, 5.41) is 0. The minimum atomic E-state index is -3.63. The van der Waals surface area contributed by atoms with E-state index < -0.39 is 15.9 Å². The van der Waals surface area contributed by atoms with Gasteiger partial charge in [-0.2, -0.15) is 4.31 Å². The predicted octanol–water partition coefficient (Wildman–Crippen LogP) is 0.101. The third-order valence-electron chi connectivity index (χ3n) is 2.16. The SMILES string of the molecule is Cc1ccccc1S(=O)(=O)N(C)CC(N)=O. The molecule has 0 radical (unpaired) electrons. The number of sulfonamides is 1. The Kier molecular flexibility index (Phi) is 3.66. The molecule has 1 amide bonds. The first-order valence-corrected chi connectivity index (χ1v) is 6.10. The Bertz CT molecular complexity index is 497. The third kappa shape index (κ3) is 2.59. The number of nitrogens with two attached hydrogens (primary N) is 1. The van der Waals surface area contributed by atoms with Crippen molar-refractivity contribution in [2.75, 3.05) is 13.6 Å². The Morgan fingerprint density at radius 1 is 1.38 bits per heavy atom. The van der Waals surface area contributed by atoms with Gasteiger partial charge >= 0.3 is 0 Å². The van der Waals surface area contributed by atoms with Crippen LogP contribution in [0, 0.1) is 6.92 Å². The molecule has 0 saturated carbocycles. The first-order valence-electron chi connectivity index (χ1n) is 4.66. The van der Waals surface area contributed by atoms with E-state index in [0.29, 0.717) is 5.56 Å². The molecule has 1 aromatic rings. The Balaban J connectivity index is 3.12. The fourth-order valence-corrected chi connectivity index (χ4v) is 2.68. The molecule has 0 aliphatic carbocycles. The number of rotatable bonds is 4. The summed E-state index contributed by atoms with van der Waals surface area (Å²) in [7, 11) is -2.31. The van der Waals surface area contributed by atoms with E-state index in [-0.39, 0.29) is 11.4 Å². The van der Waals surface area contributed by atoms with Gasteiger partial charge < -0.3 is 5.73 Å². The van der Waals surface area contributed by atoms with Gasteiger partial charge in [-0.1, -0.05) is 18.2 Å². The van der Waals surface area contributed by atoms with Gasteiger partial charge in [-0.25, -0.2) is 8.42 Å². The van der Waals surface area contributed by atoms with Crippen LogP contribution in [-0.2, 0) is 14.8 Å². The summed E-state index contributed by atoms with van der Waals surface area (Å²) in [6, 6.07) is 6.59. The molecule has 1 rings (SSSR count). The lowest BCUT2D eigenvalue weighted by atomic mass is 10.2. The molecule has 5 nitrogen and oxygen atoms in total. The van der Waals surface area contributed by atoms with Gasteiger partial charge in [0.05, 0.1) is 11.4 Å². The first kappa shape index (κ1) is 12.7. The van der Waals surface area contributed by atoms with Crippen LogP contribution in [0.1, 0.15) is 5.56 Å². The molecule has 88 valence electrons. The van der Waals surface area contributed by atoms with Gasteiger partial charge in [0.15, 0.2) is 0 Å². The average Bonchev–Trinajstić information content (AvgIpc) is 2.16. The Hall–Kier alpha value is -1.40. The zero-order valence-corrected chi connectivity index (χ0v) is 9.99. The maximum absolute atomic E-state index is 12.0. The van der Waals surface area contributed by atoms with Crippen molar-refractivity contribution in [2.24, 2.45) is 5.73 Å². The second-order valence-corrected chi connectivity index (χ2v) is 5.51. The number of aryl methyl sites for hydroxylation is 1. The number of amides is 1. The minimum Gasteiger partial charge on any atom is -0.369 e. The molecule has 0 aliphatic heterocycles. The van der Waals surface area contributed by atoms with E-state index in [9.17, 15) is 13.2 Å².